The Kier molecular flexibility index (Phi) is 12.7. The maximum Gasteiger partial charge on any atom is 0.119 e. The molecule has 5 N–H and O–H groups in total. The number of nitrogens with two attached hydrogens (primary N) is 2. The lowest BCUT2D eigenvalue weighted by atomic mass is 10.1. The maximum absolute atomic E-state index is 7.00. The minimum Gasteiger partial charge on any atom is -0.494 e. The van der Waals surface area contributed by atoms with Gasteiger partial charge in [-0.05, 0) is 56.3 Å². The summed E-state index contributed by atoms with van der Waals surface area (Å²) in [7, 11) is 1.00. The molecule has 0 amide bonds. The van der Waals surface area contributed by atoms with Gasteiger partial charge in [0.1, 0.15) is 5.75 Å². The molecular formula is C17H30N2O2. The van der Waals surface area contributed by atoms with E-state index in [1.165, 1.54) is 5.56 Å². The Morgan fingerprint density at radius 3 is 2.43 bits per heavy atom. The van der Waals surface area contributed by atoms with E-state index in [9.17, 15) is 0 Å². The first-order valence-electron chi connectivity index (χ1n) is 7.51. The summed E-state index contributed by atoms with van der Waals surface area (Å²) in [5, 5.41) is 7.00. The Balaban J connectivity index is 0.00000191. The lowest BCUT2D eigenvalue weighted by Crippen LogP contribution is -2.16. The van der Waals surface area contributed by atoms with Crippen LogP contribution in [0.5, 0.6) is 5.75 Å². The smallest absolute Gasteiger partial charge is 0.119 e. The van der Waals surface area contributed by atoms with E-state index in [4.69, 9.17) is 21.3 Å². The first-order valence-corrected chi connectivity index (χ1v) is 7.51. The molecule has 0 heterocycles. The van der Waals surface area contributed by atoms with E-state index in [0.717, 1.165) is 58.1 Å². The third-order valence-electron chi connectivity index (χ3n) is 3.10. The van der Waals surface area contributed by atoms with E-state index in [0.29, 0.717) is 0 Å². The molecule has 0 aliphatic rings. The van der Waals surface area contributed by atoms with Crippen LogP contribution in [0.15, 0.2) is 36.9 Å². The highest BCUT2D eigenvalue weighted by Gasteiger charge is 1.99. The number of aryl methyl sites for hydroxylation is 1. The Labute approximate surface area is 128 Å². The van der Waals surface area contributed by atoms with Crippen molar-refractivity contribution in [3.05, 3.63) is 42.5 Å². The van der Waals surface area contributed by atoms with Gasteiger partial charge in [-0.3, -0.25) is 0 Å². The van der Waals surface area contributed by atoms with Crippen LogP contribution in [-0.4, -0.2) is 31.4 Å². The fraction of sp³-hybridized carbons (Fsp3) is 0.529. The highest BCUT2D eigenvalue weighted by atomic mass is 16.5. The predicted molar refractivity (Wildman–Crippen MR) is 89.5 cm³/mol. The zero-order chi connectivity index (χ0) is 15.9. The number of aliphatic hydroxyl groups is 1. The highest BCUT2D eigenvalue weighted by molar-refractivity contribution is 5.27. The molecule has 0 spiro atoms. The van der Waals surface area contributed by atoms with Crippen molar-refractivity contribution < 1.29 is 9.84 Å². The molecule has 1 unspecified atom stereocenters. The quantitative estimate of drug-likeness (QED) is 0.456. The summed E-state index contributed by atoms with van der Waals surface area (Å²) in [4.78, 5) is 0. The van der Waals surface area contributed by atoms with Crippen molar-refractivity contribution in [1.29, 1.82) is 0 Å². The fourth-order valence-corrected chi connectivity index (χ4v) is 1.85. The third-order valence-corrected chi connectivity index (χ3v) is 3.10. The lowest BCUT2D eigenvalue weighted by Gasteiger charge is -2.08. The van der Waals surface area contributed by atoms with Crippen molar-refractivity contribution >= 4 is 0 Å². The van der Waals surface area contributed by atoms with Crippen LogP contribution in [0, 0.1) is 0 Å². The second kappa shape index (κ2) is 13.6. The zero-order valence-corrected chi connectivity index (χ0v) is 13.1. The zero-order valence-electron chi connectivity index (χ0n) is 13.1. The molecule has 1 rings (SSSR count). The van der Waals surface area contributed by atoms with Gasteiger partial charge in [-0.15, -0.1) is 6.58 Å². The molecule has 0 saturated heterocycles. The van der Waals surface area contributed by atoms with Crippen molar-refractivity contribution in [3.63, 3.8) is 0 Å². The number of benzene rings is 1. The van der Waals surface area contributed by atoms with Crippen LogP contribution in [-0.2, 0) is 6.42 Å². The Morgan fingerprint density at radius 2 is 1.86 bits per heavy atom. The number of unbranched alkanes of at least 4 members (excludes halogenated alkanes) is 1. The van der Waals surface area contributed by atoms with E-state index in [1.54, 1.807) is 6.08 Å². The van der Waals surface area contributed by atoms with Gasteiger partial charge in [0, 0.05) is 13.2 Å². The summed E-state index contributed by atoms with van der Waals surface area (Å²) >= 11 is 0. The standard InChI is InChI=1S/C16H26N2O.CH4O/c1-2-15(18)7-5-6-14-8-10-16(11-9-14)19-13-4-3-12-17;1-2/h2,8-11,15H,1,3-7,12-13,17-18H2;2H,1H3. The molecular weight excluding hydrogens is 264 g/mol. The van der Waals surface area contributed by atoms with E-state index < -0.39 is 0 Å². The number of rotatable bonds is 10. The molecule has 0 aliphatic heterocycles. The molecule has 0 fully saturated rings. The second-order valence-corrected chi connectivity index (χ2v) is 4.78. The summed E-state index contributed by atoms with van der Waals surface area (Å²) in [6.45, 7) is 5.16. The van der Waals surface area contributed by atoms with Gasteiger partial charge in [-0.2, -0.15) is 0 Å². The van der Waals surface area contributed by atoms with Gasteiger partial charge in [0.25, 0.3) is 0 Å². The van der Waals surface area contributed by atoms with Crippen molar-refractivity contribution in [3.8, 4) is 5.75 Å². The summed E-state index contributed by atoms with van der Waals surface area (Å²) in [5.74, 6) is 0.934. The van der Waals surface area contributed by atoms with Gasteiger partial charge >= 0.3 is 0 Å². The second-order valence-electron chi connectivity index (χ2n) is 4.78. The van der Waals surface area contributed by atoms with E-state index in [1.807, 2.05) is 12.1 Å². The van der Waals surface area contributed by atoms with E-state index in [-0.39, 0.29) is 6.04 Å². The Bertz CT molecular complexity index is 352. The summed E-state index contributed by atoms with van der Waals surface area (Å²) in [6.07, 6.45) is 6.96. The average molecular weight is 294 g/mol. The van der Waals surface area contributed by atoms with Crippen molar-refractivity contribution in [2.45, 2.75) is 38.1 Å². The topological polar surface area (TPSA) is 81.5 Å². The molecule has 4 nitrogen and oxygen atoms in total. The largest absolute Gasteiger partial charge is 0.494 e. The number of hydrogen-bond donors (Lipinski definition) is 3. The molecule has 21 heavy (non-hydrogen) atoms. The van der Waals surface area contributed by atoms with Gasteiger partial charge < -0.3 is 21.3 Å². The molecule has 4 heteroatoms. The minimum atomic E-state index is 0.116. The summed E-state index contributed by atoms with van der Waals surface area (Å²) in [6, 6.07) is 8.43. The maximum atomic E-state index is 7.00. The van der Waals surface area contributed by atoms with Crippen LogP contribution in [0.25, 0.3) is 0 Å². The van der Waals surface area contributed by atoms with Gasteiger partial charge in [0.05, 0.1) is 6.61 Å². The third kappa shape index (κ3) is 10.1. The van der Waals surface area contributed by atoms with E-state index >= 15 is 0 Å². The van der Waals surface area contributed by atoms with Gasteiger partial charge in [0.2, 0.25) is 0 Å². The summed E-state index contributed by atoms with van der Waals surface area (Å²) < 4.78 is 5.63. The van der Waals surface area contributed by atoms with Crippen LogP contribution in [0.4, 0.5) is 0 Å². The van der Waals surface area contributed by atoms with E-state index in [2.05, 4.69) is 18.7 Å². The molecule has 0 bridgehead atoms. The van der Waals surface area contributed by atoms with Crippen LogP contribution in [0.1, 0.15) is 31.2 Å². The first-order chi connectivity index (χ1) is 10.3. The first kappa shape index (κ1) is 19.6. The monoisotopic (exact) mass is 294 g/mol. The lowest BCUT2D eigenvalue weighted by molar-refractivity contribution is 0.308. The molecule has 120 valence electrons. The van der Waals surface area contributed by atoms with Gasteiger partial charge in [0.15, 0.2) is 0 Å². The normalized spacial score (nSPS) is 11.2. The van der Waals surface area contributed by atoms with Crippen LogP contribution < -0.4 is 16.2 Å². The number of ether oxygens (including phenoxy) is 1. The highest BCUT2D eigenvalue weighted by Crippen LogP contribution is 2.14. The SMILES string of the molecule is C=CC(N)CCCc1ccc(OCCCCN)cc1.CO. The van der Waals surface area contributed by atoms with Crippen LogP contribution in [0.2, 0.25) is 0 Å². The molecule has 1 aromatic rings. The molecule has 1 aromatic carbocycles. The average Bonchev–Trinajstić information content (AvgIpc) is 2.54. The molecule has 0 saturated carbocycles. The van der Waals surface area contributed by atoms with Crippen molar-refractivity contribution in [1.82, 2.24) is 0 Å². The molecule has 1 atom stereocenters. The molecule has 0 radical (unpaired) electrons. The van der Waals surface area contributed by atoms with Crippen LogP contribution >= 0.6 is 0 Å². The predicted octanol–water partition coefficient (Wildman–Crippen LogP) is 2.25. The number of aliphatic hydroxyl groups excluding tert-OH is 1. The van der Waals surface area contributed by atoms with Gasteiger partial charge in [-0.1, -0.05) is 18.2 Å². The van der Waals surface area contributed by atoms with Crippen molar-refractivity contribution in [2.75, 3.05) is 20.3 Å². The van der Waals surface area contributed by atoms with Gasteiger partial charge in [-0.25, -0.2) is 0 Å². The Morgan fingerprint density at radius 1 is 1.19 bits per heavy atom. The number of hydrogen-bond acceptors (Lipinski definition) is 4. The fourth-order valence-electron chi connectivity index (χ4n) is 1.85. The minimum absolute atomic E-state index is 0.116. The van der Waals surface area contributed by atoms with Crippen LogP contribution in [0.3, 0.4) is 0 Å². The van der Waals surface area contributed by atoms with Crippen molar-refractivity contribution in [2.24, 2.45) is 11.5 Å². The Hall–Kier alpha value is -1.36. The summed E-state index contributed by atoms with van der Waals surface area (Å²) in [5.41, 5.74) is 12.6. The molecule has 0 aliphatic carbocycles. The molecule has 0 aromatic heterocycles.